The predicted molar refractivity (Wildman–Crippen MR) is 154 cm³/mol. The third kappa shape index (κ3) is 6.97. The van der Waals surface area contributed by atoms with Crippen LogP contribution in [0.25, 0.3) is 3.58 Å². The van der Waals surface area contributed by atoms with Gasteiger partial charge >= 0.3 is 12.2 Å². The molecule has 0 N–H and O–H groups in total. The summed E-state index contributed by atoms with van der Waals surface area (Å²) in [6.07, 6.45) is 1.71. The van der Waals surface area contributed by atoms with Crippen molar-refractivity contribution in [1.82, 2.24) is 9.80 Å². The topological polar surface area (TPSA) is 80.7 Å². The molecule has 1 unspecified atom stereocenters. The van der Waals surface area contributed by atoms with Crippen LogP contribution >= 0.6 is 22.6 Å². The van der Waals surface area contributed by atoms with Crippen molar-refractivity contribution in [2.45, 2.75) is 97.9 Å². The standard InChI is InChI=1S/C28H40IN3O5/c1-17(2)22-23(21(29)18-13-15-20(35-9)16-14-18)32(26(34)37-28(6,7)8)24(31(22)19-11-10-12-19)30-25(33)36-27(3,4)5/h13-17,19,22H,10-12H2,1-9H3/b23-21+,30-24+. The van der Waals surface area contributed by atoms with Crippen molar-refractivity contribution in [3.63, 3.8) is 0 Å². The summed E-state index contributed by atoms with van der Waals surface area (Å²) in [5.41, 5.74) is 0.236. The molecular weight excluding hydrogens is 585 g/mol. The first-order valence-electron chi connectivity index (χ1n) is 12.8. The summed E-state index contributed by atoms with van der Waals surface area (Å²) in [5.74, 6) is 1.14. The van der Waals surface area contributed by atoms with E-state index in [-0.39, 0.29) is 24.0 Å². The monoisotopic (exact) mass is 625 g/mol. The van der Waals surface area contributed by atoms with Crippen LogP contribution in [-0.2, 0) is 9.47 Å². The molecule has 0 spiro atoms. The third-order valence-electron chi connectivity index (χ3n) is 6.08. The van der Waals surface area contributed by atoms with Crippen molar-refractivity contribution in [3.05, 3.63) is 35.5 Å². The van der Waals surface area contributed by atoms with Gasteiger partial charge in [-0.05, 0) is 107 Å². The number of carbonyl (C=O) groups excluding carboxylic acids is 2. The van der Waals surface area contributed by atoms with Gasteiger partial charge in [-0.2, -0.15) is 0 Å². The van der Waals surface area contributed by atoms with Gasteiger partial charge < -0.3 is 19.1 Å². The second-order valence-electron chi connectivity index (χ2n) is 11.8. The van der Waals surface area contributed by atoms with Gasteiger partial charge in [0.05, 0.1) is 18.8 Å². The highest BCUT2D eigenvalue weighted by Crippen LogP contribution is 2.44. The molecule has 2 amide bonds. The molecule has 1 saturated carbocycles. The summed E-state index contributed by atoms with van der Waals surface area (Å²) in [6.45, 7) is 15.1. The number of nitrogens with zero attached hydrogens (tertiary/aromatic N) is 3. The van der Waals surface area contributed by atoms with Gasteiger partial charge in [-0.1, -0.05) is 26.0 Å². The lowest BCUT2D eigenvalue weighted by Crippen LogP contribution is -2.50. The molecule has 3 rings (SSSR count). The van der Waals surface area contributed by atoms with Gasteiger partial charge in [0.15, 0.2) is 0 Å². The van der Waals surface area contributed by atoms with Crippen molar-refractivity contribution in [1.29, 1.82) is 0 Å². The van der Waals surface area contributed by atoms with E-state index in [1.807, 2.05) is 45.0 Å². The third-order valence-corrected chi connectivity index (χ3v) is 7.26. The van der Waals surface area contributed by atoms with Gasteiger partial charge in [-0.3, -0.25) is 0 Å². The quantitative estimate of drug-likeness (QED) is 0.329. The second kappa shape index (κ2) is 11.2. The van der Waals surface area contributed by atoms with Gasteiger partial charge in [0.1, 0.15) is 17.0 Å². The van der Waals surface area contributed by atoms with Crippen LogP contribution in [0, 0.1) is 5.92 Å². The number of aliphatic imine (C=N–C) groups is 1. The molecule has 1 aliphatic heterocycles. The Bertz CT molecular complexity index is 1060. The Hall–Kier alpha value is -2.30. The van der Waals surface area contributed by atoms with Crippen LogP contribution in [0.4, 0.5) is 9.59 Å². The highest BCUT2D eigenvalue weighted by atomic mass is 127. The first-order chi connectivity index (χ1) is 17.1. The molecule has 1 aromatic carbocycles. The maximum Gasteiger partial charge on any atom is 0.437 e. The zero-order valence-electron chi connectivity index (χ0n) is 23.4. The average Bonchev–Trinajstić information content (AvgIpc) is 3.04. The lowest BCUT2D eigenvalue weighted by Gasteiger charge is -2.40. The lowest BCUT2D eigenvalue weighted by atomic mass is 9.88. The molecular formula is C28H40IN3O5. The number of hydrogen-bond acceptors (Lipinski definition) is 5. The lowest BCUT2D eigenvalue weighted by molar-refractivity contribution is 0.0413. The molecule has 1 saturated heterocycles. The zero-order valence-corrected chi connectivity index (χ0v) is 25.6. The van der Waals surface area contributed by atoms with E-state index in [9.17, 15) is 9.59 Å². The van der Waals surface area contributed by atoms with Crippen molar-refractivity contribution in [3.8, 4) is 5.75 Å². The summed E-state index contributed by atoms with van der Waals surface area (Å²) < 4.78 is 17.6. The van der Waals surface area contributed by atoms with Crippen LogP contribution in [0.1, 0.15) is 80.2 Å². The van der Waals surface area contributed by atoms with E-state index in [1.165, 1.54) is 4.90 Å². The fourth-order valence-electron chi connectivity index (χ4n) is 4.38. The molecule has 1 heterocycles. The van der Waals surface area contributed by atoms with Crippen LogP contribution in [0.15, 0.2) is 35.0 Å². The molecule has 1 aromatic rings. The number of carbonyl (C=O) groups is 2. The van der Waals surface area contributed by atoms with Crippen LogP contribution in [-0.4, -0.2) is 58.3 Å². The Balaban J connectivity index is 2.26. The largest absolute Gasteiger partial charge is 0.497 e. The molecule has 0 bridgehead atoms. The first-order valence-corrected chi connectivity index (χ1v) is 13.9. The molecule has 37 heavy (non-hydrogen) atoms. The molecule has 1 atom stereocenters. The molecule has 204 valence electrons. The molecule has 0 radical (unpaired) electrons. The van der Waals surface area contributed by atoms with Crippen molar-refractivity contribution in [2.75, 3.05) is 7.11 Å². The summed E-state index contributed by atoms with van der Waals surface area (Å²) in [4.78, 5) is 34.8. The smallest absolute Gasteiger partial charge is 0.437 e. The Morgan fingerprint density at radius 3 is 2.00 bits per heavy atom. The minimum Gasteiger partial charge on any atom is -0.497 e. The van der Waals surface area contributed by atoms with E-state index in [2.05, 4.69) is 46.3 Å². The Labute approximate surface area is 234 Å². The average molecular weight is 626 g/mol. The van der Waals surface area contributed by atoms with E-state index in [4.69, 9.17) is 14.2 Å². The van der Waals surface area contributed by atoms with E-state index >= 15 is 0 Å². The van der Waals surface area contributed by atoms with E-state index < -0.39 is 23.4 Å². The Kier molecular flexibility index (Phi) is 8.86. The Morgan fingerprint density at radius 1 is 1.00 bits per heavy atom. The fraction of sp³-hybridized carbons (Fsp3) is 0.607. The van der Waals surface area contributed by atoms with Gasteiger partial charge in [0.2, 0.25) is 5.96 Å². The highest BCUT2D eigenvalue weighted by molar-refractivity contribution is 14.1. The van der Waals surface area contributed by atoms with Crippen molar-refractivity contribution < 1.29 is 23.8 Å². The van der Waals surface area contributed by atoms with Crippen molar-refractivity contribution >= 4 is 44.3 Å². The summed E-state index contributed by atoms with van der Waals surface area (Å²) in [6, 6.07) is 7.70. The van der Waals surface area contributed by atoms with Gasteiger partial charge in [-0.25, -0.2) is 14.5 Å². The minimum absolute atomic E-state index is 0.120. The Morgan fingerprint density at radius 2 is 1.57 bits per heavy atom. The van der Waals surface area contributed by atoms with Gasteiger partial charge in [-0.15, -0.1) is 4.99 Å². The number of hydrogen-bond donors (Lipinski definition) is 0. The van der Waals surface area contributed by atoms with E-state index in [0.29, 0.717) is 0 Å². The summed E-state index contributed by atoms with van der Waals surface area (Å²) >= 11 is 2.29. The number of ether oxygens (including phenoxy) is 3. The first kappa shape index (κ1) is 29.3. The molecule has 2 aliphatic rings. The van der Waals surface area contributed by atoms with Crippen LogP contribution in [0.3, 0.4) is 0 Å². The van der Waals surface area contributed by atoms with Crippen LogP contribution in [0.2, 0.25) is 0 Å². The highest BCUT2D eigenvalue weighted by Gasteiger charge is 2.51. The zero-order chi connectivity index (χ0) is 27.7. The SMILES string of the molecule is COc1ccc(/C(I)=C2/C(C(C)C)N(C3CCC3)/C(=N\C(=O)OC(C)(C)C)N2C(=O)OC(C)(C)C)cc1. The second-order valence-corrected chi connectivity index (χ2v) is 12.9. The minimum atomic E-state index is -0.734. The van der Waals surface area contributed by atoms with E-state index in [1.54, 1.807) is 27.9 Å². The number of amides is 2. The predicted octanol–water partition coefficient (Wildman–Crippen LogP) is 7.22. The number of methoxy groups -OCH3 is 1. The number of benzene rings is 1. The fourth-order valence-corrected chi connectivity index (χ4v) is 5.30. The molecule has 1 aliphatic carbocycles. The number of rotatable bonds is 4. The molecule has 9 heteroatoms. The summed E-state index contributed by atoms with van der Waals surface area (Å²) in [5, 5.41) is 0. The van der Waals surface area contributed by atoms with E-state index in [0.717, 1.165) is 39.9 Å². The maximum absolute atomic E-state index is 13.8. The van der Waals surface area contributed by atoms with Crippen LogP contribution in [0.5, 0.6) is 5.75 Å². The number of guanidine groups is 1. The summed E-state index contributed by atoms with van der Waals surface area (Å²) in [7, 11) is 1.63. The van der Waals surface area contributed by atoms with Crippen molar-refractivity contribution in [2.24, 2.45) is 10.9 Å². The van der Waals surface area contributed by atoms with Crippen LogP contribution < -0.4 is 4.74 Å². The molecule has 0 aromatic heterocycles. The maximum atomic E-state index is 13.8. The molecule has 8 nitrogen and oxygen atoms in total. The van der Waals surface area contributed by atoms with Gasteiger partial charge in [0.25, 0.3) is 0 Å². The van der Waals surface area contributed by atoms with Gasteiger partial charge in [0, 0.05) is 9.62 Å². The number of halogens is 1. The molecule has 2 fully saturated rings. The normalized spacial score (nSPS) is 21.3.